The van der Waals surface area contributed by atoms with E-state index < -0.39 is 16.2 Å². The highest BCUT2D eigenvalue weighted by Crippen LogP contribution is 2.52. The van der Waals surface area contributed by atoms with Crippen molar-refractivity contribution in [3.05, 3.63) is 47.2 Å². The molecule has 1 amide bonds. The zero-order chi connectivity index (χ0) is 24.1. The predicted molar refractivity (Wildman–Crippen MR) is 119 cm³/mol. The third-order valence-corrected chi connectivity index (χ3v) is 8.50. The Morgan fingerprint density at radius 1 is 1.06 bits per heavy atom. The van der Waals surface area contributed by atoms with Crippen LogP contribution in [0.4, 0.5) is 24.7 Å². The summed E-state index contributed by atoms with van der Waals surface area (Å²) in [7, 11) is -3.11. The van der Waals surface area contributed by atoms with Crippen LogP contribution in [0.1, 0.15) is 59.0 Å². The monoisotopic (exact) mass is 495 g/mol. The van der Waals surface area contributed by atoms with Crippen molar-refractivity contribution >= 4 is 27.2 Å². The topological polar surface area (TPSA) is 88.6 Å². The fraction of sp³-hybridized carbons (Fsp3) is 0.478. The molecule has 7 nitrogen and oxygen atoms in total. The second kappa shape index (κ2) is 8.44. The first-order valence-corrected chi connectivity index (χ1v) is 13.1. The summed E-state index contributed by atoms with van der Waals surface area (Å²) < 4.78 is 65.4. The van der Waals surface area contributed by atoms with Crippen LogP contribution in [0.15, 0.2) is 30.5 Å². The van der Waals surface area contributed by atoms with Gasteiger partial charge in [-0.2, -0.15) is 0 Å². The average molecular weight is 496 g/mol. The minimum atomic E-state index is -4.79. The van der Waals surface area contributed by atoms with Gasteiger partial charge in [-0.15, -0.1) is 13.2 Å². The van der Waals surface area contributed by atoms with Gasteiger partial charge >= 0.3 is 6.36 Å². The molecule has 0 unspecified atom stereocenters. The third-order valence-electron chi connectivity index (χ3n) is 6.89. The van der Waals surface area contributed by atoms with Crippen molar-refractivity contribution in [1.29, 1.82) is 0 Å². The number of hydrogen-bond donors (Lipinski definition) is 1. The van der Waals surface area contributed by atoms with E-state index in [1.165, 1.54) is 24.4 Å². The lowest BCUT2D eigenvalue weighted by Crippen LogP contribution is -2.44. The molecule has 1 saturated carbocycles. The number of alkyl halides is 3. The van der Waals surface area contributed by atoms with Crippen molar-refractivity contribution in [2.24, 2.45) is 0 Å². The summed E-state index contributed by atoms with van der Waals surface area (Å²) in [4.78, 5) is 19.4. The summed E-state index contributed by atoms with van der Waals surface area (Å²) in [6.45, 7) is 0.325. The van der Waals surface area contributed by atoms with E-state index in [9.17, 15) is 26.4 Å². The van der Waals surface area contributed by atoms with Gasteiger partial charge < -0.3 is 15.0 Å². The van der Waals surface area contributed by atoms with Gasteiger partial charge in [0, 0.05) is 36.6 Å². The quantitative estimate of drug-likeness (QED) is 0.679. The largest absolute Gasteiger partial charge is 0.573 e. The van der Waals surface area contributed by atoms with E-state index in [0.717, 1.165) is 36.8 Å². The number of aromatic nitrogens is 1. The highest BCUT2D eigenvalue weighted by molar-refractivity contribution is 7.91. The Morgan fingerprint density at radius 2 is 1.71 bits per heavy atom. The van der Waals surface area contributed by atoms with E-state index in [4.69, 9.17) is 0 Å². The normalized spacial score (nSPS) is 23.3. The Labute approximate surface area is 195 Å². The summed E-state index contributed by atoms with van der Waals surface area (Å²) in [5, 5.41) is 3.14. The van der Waals surface area contributed by atoms with Gasteiger partial charge in [-0.05, 0) is 55.2 Å². The number of carbonyl (C=O) groups is 1. The molecule has 1 saturated heterocycles. The summed E-state index contributed by atoms with van der Waals surface area (Å²) in [6, 6.07) is 5.58. The molecule has 1 N–H and O–H groups in total. The lowest BCUT2D eigenvalue weighted by atomic mass is 9.66. The molecule has 182 valence electrons. The smallest absolute Gasteiger partial charge is 0.406 e. The van der Waals surface area contributed by atoms with Crippen molar-refractivity contribution in [1.82, 2.24) is 9.88 Å². The van der Waals surface area contributed by atoms with Crippen LogP contribution in [0.25, 0.3) is 0 Å². The second-order valence-corrected chi connectivity index (χ2v) is 11.3. The lowest BCUT2D eigenvalue weighted by Gasteiger charge is -2.40. The second-order valence-electron chi connectivity index (χ2n) is 9.04. The SMILES string of the molecule is O=C(c1cnc(Nc2cccc(OC(F)(F)F)c2)c2c1C1CCC2CC1)N1CCS(=O)(=O)CC1. The fourth-order valence-electron chi connectivity index (χ4n) is 5.33. The van der Waals surface area contributed by atoms with Crippen molar-refractivity contribution < 1.29 is 31.1 Å². The summed E-state index contributed by atoms with van der Waals surface area (Å²) in [6.07, 6.45) is 0.583. The number of amides is 1. The molecular formula is C23H24F3N3O4S. The molecule has 3 aliphatic carbocycles. The molecule has 1 aliphatic heterocycles. The zero-order valence-electron chi connectivity index (χ0n) is 18.3. The maximum absolute atomic E-state index is 13.4. The molecule has 6 rings (SSSR count). The highest BCUT2D eigenvalue weighted by atomic mass is 32.2. The molecular weight excluding hydrogens is 471 g/mol. The van der Waals surface area contributed by atoms with Gasteiger partial charge in [-0.25, -0.2) is 13.4 Å². The van der Waals surface area contributed by atoms with Gasteiger partial charge in [-0.3, -0.25) is 4.79 Å². The van der Waals surface area contributed by atoms with Crippen LogP contribution in [0.5, 0.6) is 5.75 Å². The van der Waals surface area contributed by atoms with E-state index in [-0.39, 0.29) is 48.1 Å². The number of pyridine rings is 1. The van der Waals surface area contributed by atoms with Gasteiger partial charge in [0.25, 0.3) is 5.91 Å². The molecule has 0 atom stereocenters. The van der Waals surface area contributed by atoms with E-state index >= 15 is 0 Å². The van der Waals surface area contributed by atoms with Gasteiger partial charge in [0.2, 0.25) is 0 Å². The molecule has 1 aromatic carbocycles. The lowest BCUT2D eigenvalue weighted by molar-refractivity contribution is -0.274. The minimum absolute atomic E-state index is 0.0452. The van der Waals surface area contributed by atoms with E-state index in [0.29, 0.717) is 17.1 Å². The van der Waals surface area contributed by atoms with E-state index in [2.05, 4.69) is 15.0 Å². The Balaban J connectivity index is 1.47. The number of nitrogens with zero attached hydrogens (tertiary/aromatic N) is 2. The Bertz CT molecular complexity index is 1210. The number of rotatable bonds is 4. The van der Waals surface area contributed by atoms with Crippen LogP contribution >= 0.6 is 0 Å². The molecule has 0 radical (unpaired) electrons. The highest BCUT2D eigenvalue weighted by Gasteiger charge is 2.39. The van der Waals surface area contributed by atoms with Crippen LogP contribution in [-0.2, 0) is 9.84 Å². The molecule has 2 bridgehead atoms. The Kier molecular flexibility index (Phi) is 5.70. The van der Waals surface area contributed by atoms with Crippen LogP contribution < -0.4 is 10.1 Å². The van der Waals surface area contributed by atoms with E-state index in [1.807, 2.05) is 0 Å². The maximum Gasteiger partial charge on any atom is 0.573 e. The van der Waals surface area contributed by atoms with Crippen molar-refractivity contribution in [2.75, 3.05) is 29.9 Å². The van der Waals surface area contributed by atoms with Crippen molar-refractivity contribution in [2.45, 2.75) is 43.9 Å². The zero-order valence-corrected chi connectivity index (χ0v) is 19.1. The number of halogens is 3. The number of benzene rings is 1. The molecule has 34 heavy (non-hydrogen) atoms. The molecule has 0 spiro atoms. The van der Waals surface area contributed by atoms with Crippen LogP contribution in [0, 0.1) is 0 Å². The van der Waals surface area contributed by atoms with Gasteiger partial charge in [0.05, 0.1) is 17.1 Å². The first-order valence-electron chi connectivity index (χ1n) is 11.2. The first kappa shape index (κ1) is 22.9. The fourth-order valence-corrected chi connectivity index (χ4v) is 6.53. The van der Waals surface area contributed by atoms with Crippen LogP contribution in [0.3, 0.4) is 0 Å². The number of carbonyl (C=O) groups excluding carboxylic acids is 1. The standard InChI is InChI=1S/C23H24F3N3O4S/c24-23(25,26)33-17-3-1-2-16(12-17)28-21-20-15-6-4-14(5-7-15)19(20)18(13-27-21)22(30)29-8-10-34(31,32)11-9-29/h1-3,12-15H,4-11H2,(H,27,28). The molecule has 2 aromatic rings. The number of sulfone groups is 1. The number of anilines is 2. The number of nitrogens with one attached hydrogen (secondary N) is 1. The number of fused-ring (bicyclic) bond motifs is 2. The molecule has 11 heteroatoms. The summed E-state index contributed by atoms with van der Waals surface area (Å²) in [5.74, 6) is 0.312. The van der Waals surface area contributed by atoms with Crippen LogP contribution in [-0.4, -0.2) is 55.2 Å². The van der Waals surface area contributed by atoms with Crippen molar-refractivity contribution in [3.8, 4) is 5.75 Å². The van der Waals surface area contributed by atoms with E-state index in [1.54, 1.807) is 11.0 Å². The Hall–Kier alpha value is -2.82. The summed E-state index contributed by atoms with van der Waals surface area (Å²) in [5.41, 5.74) is 2.79. The van der Waals surface area contributed by atoms with Gasteiger partial charge in [-0.1, -0.05) is 6.07 Å². The summed E-state index contributed by atoms with van der Waals surface area (Å²) >= 11 is 0. The third kappa shape index (κ3) is 4.57. The average Bonchev–Trinajstić information content (AvgIpc) is 2.79. The Morgan fingerprint density at radius 3 is 2.35 bits per heavy atom. The maximum atomic E-state index is 13.4. The van der Waals surface area contributed by atoms with Crippen molar-refractivity contribution in [3.63, 3.8) is 0 Å². The minimum Gasteiger partial charge on any atom is -0.406 e. The van der Waals surface area contributed by atoms with Gasteiger partial charge in [0.1, 0.15) is 11.6 Å². The molecule has 1 aromatic heterocycles. The predicted octanol–water partition coefficient (Wildman–Crippen LogP) is 4.35. The number of hydrogen-bond acceptors (Lipinski definition) is 6. The van der Waals surface area contributed by atoms with Gasteiger partial charge in [0.15, 0.2) is 9.84 Å². The molecule has 4 aliphatic rings. The van der Waals surface area contributed by atoms with Crippen LogP contribution in [0.2, 0.25) is 0 Å². The molecule has 2 fully saturated rings. The first-order chi connectivity index (χ1) is 16.1. The number of ether oxygens (including phenoxy) is 1. The molecule has 2 heterocycles.